The Kier molecular flexibility index (Phi) is 6.21. The van der Waals surface area contributed by atoms with Gasteiger partial charge in [-0.1, -0.05) is 6.07 Å². The van der Waals surface area contributed by atoms with Gasteiger partial charge in [0.05, 0.1) is 11.3 Å². The molecule has 0 bridgehead atoms. The van der Waals surface area contributed by atoms with Gasteiger partial charge in [-0.05, 0) is 31.0 Å². The van der Waals surface area contributed by atoms with Crippen LogP contribution in [0.1, 0.15) is 18.4 Å². The third kappa shape index (κ3) is 4.69. The monoisotopic (exact) mass is 362 g/mol. The third-order valence-corrected chi connectivity index (χ3v) is 4.39. The molecular weight excluding hydrogens is 345 g/mol. The van der Waals surface area contributed by atoms with Gasteiger partial charge in [-0.3, -0.25) is 15.1 Å². The lowest BCUT2D eigenvalue weighted by atomic mass is 9.93. The van der Waals surface area contributed by atoms with E-state index in [0.29, 0.717) is 25.9 Å². The number of nitrogens with zero attached hydrogens (tertiary/aromatic N) is 2. The summed E-state index contributed by atoms with van der Waals surface area (Å²) >= 11 is 1.10. The molecule has 0 radical (unpaired) electrons. The number of alkyl halides is 3. The second kappa shape index (κ2) is 7.97. The molecule has 0 aliphatic carbocycles. The zero-order valence-electron chi connectivity index (χ0n) is 12.6. The standard InChI is InChI=1S/C14H17F3N4O2S/c15-14(16,17)10-2-1-3-11(8-10)19-13(20-23)12(22)9-4-6-21(24-18)7-5-9/h1-3,8-9,23H,4-7,18H2,(H,19,20). The molecule has 0 unspecified atom stereocenters. The summed E-state index contributed by atoms with van der Waals surface area (Å²) in [5.41, 5.74) is 0.768. The molecule has 2 rings (SSSR count). The number of ketones is 1. The van der Waals surface area contributed by atoms with Crippen molar-refractivity contribution in [3.8, 4) is 0 Å². The van der Waals surface area contributed by atoms with Crippen molar-refractivity contribution >= 4 is 29.4 Å². The average Bonchev–Trinajstić information content (AvgIpc) is 2.58. The van der Waals surface area contributed by atoms with E-state index in [0.717, 1.165) is 24.3 Å². The fourth-order valence-corrected chi connectivity index (χ4v) is 2.85. The smallest absolute Gasteiger partial charge is 0.290 e. The molecule has 1 aromatic carbocycles. The Morgan fingerprint density at radius 3 is 2.58 bits per heavy atom. The molecule has 10 heteroatoms. The average molecular weight is 362 g/mol. The number of carbonyl (C=O) groups excluding carboxylic acids is 1. The topological polar surface area (TPSA) is 91.0 Å². The van der Waals surface area contributed by atoms with Gasteiger partial charge >= 0.3 is 6.18 Å². The van der Waals surface area contributed by atoms with Gasteiger partial charge in [0.15, 0.2) is 5.84 Å². The van der Waals surface area contributed by atoms with Crippen molar-refractivity contribution in [2.45, 2.75) is 19.0 Å². The summed E-state index contributed by atoms with van der Waals surface area (Å²) in [7, 11) is 0. The van der Waals surface area contributed by atoms with Crippen molar-refractivity contribution in [2.75, 3.05) is 13.1 Å². The highest BCUT2D eigenvalue weighted by Crippen LogP contribution is 2.31. The fourth-order valence-electron chi connectivity index (χ4n) is 2.43. The molecule has 0 atom stereocenters. The summed E-state index contributed by atoms with van der Waals surface area (Å²) in [6, 6.07) is 4.25. The van der Waals surface area contributed by atoms with E-state index in [1.165, 1.54) is 12.1 Å². The highest BCUT2D eigenvalue weighted by molar-refractivity contribution is 7.94. The van der Waals surface area contributed by atoms with Crippen molar-refractivity contribution < 1.29 is 23.2 Å². The van der Waals surface area contributed by atoms with Crippen LogP contribution < -0.4 is 10.6 Å². The molecule has 0 amide bonds. The van der Waals surface area contributed by atoms with Gasteiger partial charge in [-0.15, -0.1) is 0 Å². The summed E-state index contributed by atoms with van der Waals surface area (Å²) in [5.74, 6) is -1.16. The highest BCUT2D eigenvalue weighted by atomic mass is 32.2. The van der Waals surface area contributed by atoms with Crippen LogP contribution in [-0.2, 0) is 11.0 Å². The first-order valence-corrected chi connectivity index (χ1v) is 8.01. The molecule has 1 aromatic rings. The fraction of sp³-hybridized carbons (Fsp3) is 0.429. The number of piperidine rings is 1. The molecule has 1 aliphatic rings. The maximum absolute atomic E-state index is 12.7. The SMILES string of the molecule is NSN1CCC(C(=O)C(=Nc2cccc(C(F)(F)F)c2)NO)CC1. The molecule has 1 heterocycles. The van der Waals surface area contributed by atoms with Gasteiger partial charge < -0.3 is 0 Å². The number of amidine groups is 1. The van der Waals surface area contributed by atoms with Crippen LogP contribution in [0, 0.1) is 5.92 Å². The molecule has 4 N–H and O–H groups in total. The van der Waals surface area contributed by atoms with Crippen LogP contribution in [0.2, 0.25) is 0 Å². The van der Waals surface area contributed by atoms with Gasteiger partial charge in [0.2, 0.25) is 5.78 Å². The predicted octanol–water partition coefficient (Wildman–Crippen LogP) is 2.52. The molecule has 1 aliphatic heterocycles. The van der Waals surface area contributed by atoms with Gasteiger partial charge in [0, 0.05) is 31.1 Å². The van der Waals surface area contributed by atoms with Crippen LogP contribution in [0.15, 0.2) is 29.3 Å². The second-order valence-corrected chi connectivity index (χ2v) is 6.02. The van der Waals surface area contributed by atoms with E-state index in [2.05, 4.69) is 4.99 Å². The summed E-state index contributed by atoms with van der Waals surface area (Å²) in [4.78, 5) is 16.2. The van der Waals surface area contributed by atoms with Gasteiger partial charge in [-0.2, -0.15) is 13.2 Å². The van der Waals surface area contributed by atoms with E-state index in [1.54, 1.807) is 5.48 Å². The molecule has 0 saturated carbocycles. The number of nitrogens with two attached hydrogens (primary N) is 1. The Labute approximate surface area is 141 Å². The van der Waals surface area contributed by atoms with Crippen molar-refractivity contribution in [3.05, 3.63) is 29.8 Å². The number of hydrogen-bond donors (Lipinski definition) is 3. The van der Waals surface area contributed by atoms with Crippen molar-refractivity contribution in [3.63, 3.8) is 0 Å². The minimum Gasteiger partial charge on any atom is -0.290 e. The summed E-state index contributed by atoms with van der Waals surface area (Å²) in [5, 5.41) is 14.6. The summed E-state index contributed by atoms with van der Waals surface area (Å²) in [6.07, 6.45) is -3.44. The van der Waals surface area contributed by atoms with Gasteiger partial charge in [-0.25, -0.2) is 14.8 Å². The molecule has 1 saturated heterocycles. The Bertz CT molecular complexity index is 616. The maximum atomic E-state index is 12.7. The van der Waals surface area contributed by atoms with E-state index >= 15 is 0 Å². The minimum atomic E-state index is -4.50. The number of benzene rings is 1. The molecule has 0 spiro atoms. The Morgan fingerprint density at radius 1 is 1.38 bits per heavy atom. The van der Waals surface area contributed by atoms with E-state index in [4.69, 9.17) is 10.3 Å². The Morgan fingerprint density at radius 2 is 2.04 bits per heavy atom. The zero-order chi connectivity index (χ0) is 17.7. The zero-order valence-corrected chi connectivity index (χ0v) is 13.4. The molecule has 24 heavy (non-hydrogen) atoms. The Hall–Kier alpha value is -1.62. The first-order valence-electron chi connectivity index (χ1n) is 7.17. The second-order valence-electron chi connectivity index (χ2n) is 5.29. The number of aliphatic imine (C=N–C) groups is 1. The molecule has 6 nitrogen and oxygen atoms in total. The van der Waals surface area contributed by atoms with Gasteiger partial charge in [0.1, 0.15) is 0 Å². The largest absolute Gasteiger partial charge is 0.416 e. The third-order valence-electron chi connectivity index (χ3n) is 3.73. The molecule has 0 aromatic heterocycles. The normalized spacial score (nSPS) is 17.8. The van der Waals surface area contributed by atoms with Crippen molar-refractivity contribution in [2.24, 2.45) is 16.0 Å². The number of hydroxylamine groups is 1. The van der Waals surface area contributed by atoms with Crippen LogP contribution in [0.4, 0.5) is 18.9 Å². The lowest BCUT2D eigenvalue weighted by molar-refractivity contribution is -0.137. The summed E-state index contributed by atoms with van der Waals surface area (Å²) in [6.45, 7) is 1.22. The molecule has 1 fully saturated rings. The summed E-state index contributed by atoms with van der Waals surface area (Å²) < 4.78 is 40.0. The minimum absolute atomic E-state index is 0.0651. The predicted molar refractivity (Wildman–Crippen MR) is 84.5 cm³/mol. The number of hydrogen-bond acceptors (Lipinski definition) is 6. The number of halogens is 3. The number of rotatable bonds is 4. The number of nitrogens with one attached hydrogen (secondary N) is 1. The first kappa shape index (κ1) is 18.7. The van der Waals surface area contributed by atoms with Crippen LogP contribution in [-0.4, -0.2) is 34.2 Å². The molecular formula is C14H17F3N4O2S. The van der Waals surface area contributed by atoms with E-state index in [1.807, 2.05) is 4.31 Å². The van der Waals surface area contributed by atoms with E-state index < -0.39 is 17.5 Å². The Balaban J connectivity index is 2.16. The maximum Gasteiger partial charge on any atom is 0.416 e. The molecule has 132 valence electrons. The van der Waals surface area contributed by atoms with Gasteiger partial charge in [0.25, 0.3) is 0 Å². The van der Waals surface area contributed by atoms with Crippen LogP contribution in [0.5, 0.6) is 0 Å². The van der Waals surface area contributed by atoms with Crippen LogP contribution in [0.3, 0.4) is 0 Å². The van der Waals surface area contributed by atoms with Crippen molar-refractivity contribution in [1.29, 1.82) is 0 Å². The quantitative estimate of drug-likeness (QED) is 0.330. The number of carbonyl (C=O) groups is 1. The van der Waals surface area contributed by atoms with E-state index in [-0.39, 0.29) is 17.4 Å². The lowest BCUT2D eigenvalue weighted by Gasteiger charge is -2.28. The highest BCUT2D eigenvalue weighted by Gasteiger charge is 2.31. The van der Waals surface area contributed by atoms with Crippen molar-refractivity contribution in [1.82, 2.24) is 9.79 Å². The number of Topliss-reactive ketones (excluding diaryl/α,β-unsaturated/α-hetero) is 1. The van der Waals surface area contributed by atoms with Crippen LogP contribution in [0.25, 0.3) is 0 Å². The van der Waals surface area contributed by atoms with Crippen LogP contribution >= 0.6 is 12.1 Å². The lowest BCUT2D eigenvalue weighted by Crippen LogP contribution is -2.39. The van der Waals surface area contributed by atoms with E-state index in [9.17, 15) is 18.0 Å². The first-order chi connectivity index (χ1) is 11.3.